The van der Waals surface area contributed by atoms with E-state index in [1.165, 1.54) is 12.7 Å². The Morgan fingerprint density at radius 1 is 1.45 bits per heavy atom. The number of carbonyl (C=O) groups excluding carboxylic acids is 1. The summed E-state index contributed by atoms with van der Waals surface area (Å²) in [5, 5.41) is 3.21. The maximum Gasteiger partial charge on any atom is 0.272 e. The summed E-state index contributed by atoms with van der Waals surface area (Å²) >= 11 is 0. The zero-order valence-electron chi connectivity index (χ0n) is 12.6. The minimum atomic E-state index is 0.0331. The van der Waals surface area contributed by atoms with Crippen LogP contribution in [0.5, 0.6) is 0 Å². The smallest absolute Gasteiger partial charge is 0.272 e. The number of rotatable bonds is 4. The van der Waals surface area contributed by atoms with E-state index in [-0.39, 0.29) is 11.9 Å². The van der Waals surface area contributed by atoms with Crippen LogP contribution in [0.4, 0.5) is 5.82 Å². The van der Waals surface area contributed by atoms with Gasteiger partial charge in [0.1, 0.15) is 17.8 Å². The molecule has 1 aliphatic rings. The van der Waals surface area contributed by atoms with Crippen LogP contribution in [0.15, 0.2) is 12.4 Å². The first-order valence-electron chi connectivity index (χ1n) is 7.51. The van der Waals surface area contributed by atoms with Gasteiger partial charge in [-0.15, -0.1) is 0 Å². The molecule has 5 heteroatoms. The van der Waals surface area contributed by atoms with Crippen molar-refractivity contribution in [1.29, 1.82) is 0 Å². The minimum Gasteiger partial charge on any atom is -0.368 e. The third kappa shape index (κ3) is 3.46. The van der Waals surface area contributed by atoms with E-state index >= 15 is 0 Å². The molecule has 5 nitrogen and oxygen atoms in total. The van der Waals surface area contributed by atoms with Crippen LogP contribution in [0.1, 0.15) is 56.9 Å². The number of hydrogen-bond donors (Lipinski definition) is 1. The molecule has 110 valence electrons. The van der Waals surface area contributed by atoms with Crippen molar-refractivity contribution in [3.05, 3.63) is 18.1 Å². The summed E-state index contributed by atoms with van der Waals surface area (Å²) in [6.07, 6.45) is 5.87. The number of carbonyl (C=O) groups is 1. The van der Waals surface area contributed by atoms with Gasteiger partial charge in [0.2, 0.25) is 0 Å². The summed E-state index contributed by atoms with van der Waals surface area (Å²) in [6.45, 7) is 7.07. The van der Waals surface area contributed by atoms with Gasteiger partial charge in [-0.25, -0.2) is 9.97 Å². The largest absolute Gasteiger partial charge is 0.368 e. The average Bonchev–Trinajstić information content (AvgIpc) is 2.46. The molecule has 1 aliphatic heterocycles. The Balaban J connectivity index is 2.15. The fourth-order valence-electron chi connectivity index (χ4n) is 2.69. The average molecular weight is 276 g/mol. The van der Waals surface area contributed by atoms with Gasteiger partial charge < -0.3 is 10.2 Å². The van der Waals surface area contributed by atoms with E-state index in [1.807, 2.05) is 18.7 Å². The van der Waals surface area contributed by atoms with Gasteiger partial charge in [0.25, 0.3) is 5.91 Å². The number of nitrogens with one attached hydrogen (secondary N) is 1. The van der Waals surface area contributed by atoms with Crippen molar-refractivity contribution in [1.82, 2.24) is 14.9 Å². The van der Waals surface area contributed by atoms with Gasteiger partial charge in [-0.05, 0) is 39.5 Å². The van der Waals surface area contributed by atoms with Crippen LogP contribution in [0, 0.1) is 0 Å². The molecule has 0 spiro atoms. The Morgan fingerprint density at radius 3 is 2.95 bits per heavy atom. The number of anilines is 1. The molecule has 2 heterocycles. The number of hydrogen-bond acceptors (Lipinski definition) is 4. The van der Waals surface area contributed by atoms with Gasteiger partial charge in [0.15, 0.2) is 0 Å². The number of nitrogens with zero attached hydrogens (tertiary/aromatic N) is 3. The van der Waals surface area contributed by atoms with E-state index in [0.29, 0.717) is 17.6 Å². The lowest BCUT2D eigenvalue weighted by molar-refractivity contribution is 0.0602. The molecule has 1 fully saturated rings. The summed E-state index contributed by atoms with van der Waals surface area (Å²) < 4.78 is 0. The lowest BCUT2D eigenvalue weighted by Crippen LogP contribution is -2.43. The molecule has 1 aromatic heterocycles. The van der Waals surface area contributed by atoms with Crippen LogP contribution in [0.3, 0.4) is 0 Å². The van der Waals surface area contributed by atoms with Crippen molar-refractivity contribution in [3.63, 3.8) is 0 Å². The van der Waals surface area contributed by atoms with Gasteiger partial charge in [-0.1, -0.05) is 6.92 Å². The minimum absolute atomic E-state index is 0.0331. The highest BCUT2D eigenvalue weighted by Crippen LogP contribution is 2.21. The highest BCUT2D eigenvalue weighted by Gasteiger charge is 2.27. The number of likely N-dealkylation sites (tertiary alicyclic amines) is 1. The standard InChI is InChI=1S/C15H24N4O/c1-4-12-7-5-6-8-19(12)15(20)13-9-14(17-10-16-13)18-11(2)3/h9-12H,4-8H2,1-3H3,(H,16,17,18). The molecular formula is C15H24N4O. The summed E-state index contributed by atoms with van der Waals surface area (Å²) in [5.41, 5.74) is 0.489. The molecule has 1 N–H and O–H groups in total. The molecule has 0 aliphatic carbocycles. The van der Waals surface area contributed by atoms with Gasteiger partial charge >= 0.3 is 0 Å². The first-order valence-corrected chi connectivity index (χ1v) is 7.51. The molecule has 1 aromatic rings. The predicted octanol–water partition coefficient (Wildman–Crippen LogP) is 2.70. The summed E-state index contributed by atoms with van der Waals surface area (Å²) in [5.74, 6) is 0.745. The Morgan fingerprint density at radius 2 is 2.25 bits per heavy atom. The van der Waals surface area contributed by atoms with Crippen molar-refractivity contribution in [2.45, 2.75) is 58.5 Å². The Hall–Kier alpha value is -1.65. The molecule has 0 radical (unpaired) electrons. The van der Waals surface area contributed by atoms with Crippen molar-refractivity contribution >= 4 is 11.7 Å². The fraction of sp³-hybridized carbons (Fsp3) is 0.667. The molecule has 0 aromatic carbocycles. The van der Waals surface area contributed by atoms with Crippen LogP contribution in [-0.2, 0) is 0 Å². The normalized spacial score (nSPS) is 19.2. The maximum atomic E-state index is 12.6. The van der Waals surface area contributed by atoms with Crippen LogP contribution in [-0.4, -0.2) is 39.4 Å². The lowest BCUT2D eigenvalue weighted by Gasteiger charge is -2.35. The first kappa shape index (κ1) is 14.8. The molecule has 20 heavy (non-hydrogen) atoms. The van der Waals surface area contributed by atoms with E-state index in [2.05, 4.69) is 22.2 Å². The molecule has 1 atom stereocenters. The summed E-state index contributed by atoms with van der Waals surface area (Å²) in [6, 6.07) is 2.39. The molecular weight excluding hydrogens is 252 g/mol. The van der Waals surface area contributed by atoms with Crippen LogP contribution >= 0.6 is 0 Å². The molecule has 2 rings (SSSR count). The molecule has 1 unspecified atom stereocenters. The molecule has 1 saturated heterocycles. The van der Waals surface area contributed by atoms with E-state index in [9.17, 15) is 4.79 Å². The Bertz CT molecular complexity index is 461. The quantitative estimate of drug-likeness (QED) is 0.918. The lowest BCUT2D eigenvalue weighted by atomic mass is 9.99. The number of amides is 1. The van der Waals surface area contributed by atoms with E-state index in [0.717, 1.165) is 25.8 Å². The SMILES string of the molecule is CCC1CCCCN1C(=O)c1cc(NC(C)C)ncn1. The topological polar surface area (TPSA) is 58.1 Å². The molecule has 0 saturated carbocycles. The first-order chi connectivity index (χ1) is 9.61. The molecule has 0 bridgehead atoms. The van der Waals surface area contributed by atoms with Crippen molar-refractivity contribution in [3.8, 4) is 0 Å². The highest BCUT2D eigenvalue weighted by atomic mass is 16.2. The van der Waals surface area contributed by atoms with Gasteiger partial charge in [0, 0.05) is 24.7 Å². The van der Waals surface area contributed by atoms with Gasteiger partial charge in [0.05, 0.1) is 0 Å². The van der Waals surface area contributed by atoms with Crippen LogP contribution in [0.2, 0.25) is 0 Å². The third-order valence-corrected chi connectivity index (χ3v) is 3.68. The number of piperidine rings is 1. The monoisotopic (exact) mass is 276 g/mol. The summed E-state index contributed by atoms with van der Waals surface area (Å²) in [7, 11) is 0. The highest BCUT2D eigenvalue weighted by molar-refractivity contribution is 5.93. The third-order valence-electron chi connectivity index (χ3n) is 3.68. The zero-order chi connectivity index (χ0) is 14.5. The zero-order valence-corrected chi connectivity index (χ0v) is 12.6. The van der Waals surface area contributed by atoms with Crippen molar-refractivity contribution in [2.24, 2.45) is 0 Å². The maximum absolute atomic E-state index is 12.6. The van der Waals surface area contributed by atoms with Crippen molar-refractivity contribution < 1.29 is 4.79 Å². The van der Waals surface area contributed by atoms with E-state index in [1.54, 1.807) is 6.07 Å². The van der Waals surface area contributed by atoms with Crippen LogP contribution in [0.25, 0.3) is 0 Å². The summed E-state index contributed by atoms with van der Waals surface area (Å²) in [4.78, 5) is 22.9. The number of aromatic nitrogens is 2. The fourth-order valence-corrected chi connectivity index (χ4v) is 2.69. The van der Waals surface area contributed by atoms with E-state index in [4.69, 9.17) is 0 Å². The Labute approximate surface area is 120 Å². The predicted molar refractivity (Wildman–Crippen MR) is 79.8 cm³/mol. The van der Waals surface area contributed by atoms with Gasteiger partial charge in [-0.2, -0.15) is 0 Å². The van der Waals surface area contributed by atoms with Crippen molar-refractivity contribution in [2.75, 3.05) is 11.9 Å². The Kier molecular flexibility index (Phi) is 4.93. The van der Waals surface area contributed by atoms with E-state index < -0.39 is 0 Å². The second-order valence-electron chi connectivity index (χ2n) is 5.64. The second-order valence-corrected chi connectivity index (χ2v) is 5.64. The molecule has 1 amide bonds. The van der Waals surface area contributed by atoms with Gasteiger partial charge in [-0.3, -0.25) is 4.79 Å². The van der Waals surface area contributed by atoms with Crippen LogP contribution < -0.4 is 5.32 Å². The second kappa shape index (κ2) is 6.68.